The number of rotatable bonds is 6. The van der Waals surface area contributed by atoms with E-state index < -0.39 is 23.5 Å². The summed E-state index contributed by atoms with van der Waals surface area (Å²) in [4.78, 5) is 24.6. The van der Waals surface area contributed by atoms with Crippen molar-refractivity contribution < 1.29 is 23.5 Å². The molecule has 2 rings (SSSR count). The molecular weight excluding hydrogens is 292 g/mol. The minimum Gasteiger partial charge on any atom is -0.480 e. The molecule has 1 aromatic rings. The fraction of sp³-hybridized carbons (Fsp3) is 0.500. The molecule has 0 radical (unpaired) electrons. The molecule has 120 valence electrons. The van der Waals surface area contributed by atoms with Crippen LogP contribution in [0.3, 0.4) is 0 Å². The summed E-state index contributed by atoms with van der Waals surface area (Å²) in [6, 6.07) is 3.92. The number of hydrogen-bond acceptors (Lipinski definition) is 2. The van der Waals surface area contributed by atoms with Crippen molar-refractivity contribution in [2.75, 3.05) is 13.1 Å². The van der Waals surface area contributed by atoms with Crippen molar-refractivity contribution in [2.24, 2.45) is 11.8 Å². The van der Waals surface area contributed by atoms with Crippen LogP contribution in [0.4, 0.5) is 8.78 Å². The zero-order valence-electron chi connectivity index (χ0n) is 12.6. The highest BCUT2D eigenvalue weighted by molar-refractivity contribution is 5.86. The lowest BCUT2D eigenvalue weighted by Crippen LogP contribution is -2.39. The van der Waals surface area contributed by atoms with Gasteiger partial charge < -0.3 is 10.0 Å². The highest BCUT2D eigenvalue weighted by Gasteiger charge is 2.47. The summed E-state index contributed by atoms with van der Waals surface area (Å²) < 4.78 is 27.0. The Balaban J connectivity index is 2.10. The summed E-state index contributed by atoms with van der Waals surface area (Å²) in [6.45, 7) is 3.74. The van der Waals surface area contributed by atoms with E-state index in [1.807, 2.05) is 13.8 Å². The Morgan fingerprint density at radius 1 is 1.36 bits per heavy atom. The number of halogens is 2. The quantitative estimate of drug-likeness (QED) is 0.878. The van der Waals surface area contributed by atoms with Crippen molar-refractivity contribution >= 4 is 11.9 Å². The van der Waals surface area contributed by atoms with Crippen LogP contribution in [0.1, 0.15) is 31.7 Å². The molecule has 1 N–H and O–H groups in total. The smallest absolute Gasteiger partial charge is 0.323 e. The summed E-state index contributed by atoms with van der Waals surface area (Å²) >= 11 is 0. The monoisotopic (exact) mass is 311 g/mol. The molecule has 1 amide bonds. The van der Waals surface area contributed by atoms with E-state index in [-0.39, 0.29) is 29.9 Å². The lowest BCUT2D eigenvalue weighted by atomic mass is 10.1. The van der Waals surface area contributed by atoms with Gasteiger partial charge in [-0.05, 0) is 29.9 Å². The van der Waals surface area contributed by atoms with Gasteiger partial charge in [0.15, 0.2) is 11.6 Å². The van der Waals surface area contributed by atoms with Crippen LogP contribution in [-0.4, -0.2) is 35.0 Å². The molecule has 4 nitrogen and oxygen atoms in total. The standard InChI is InChI=1S/C16H19F2NO3/c1-9(2)7-19(8-14(20)21)16(22)12-6-11(12)10-4-3-5-13(17)15(10)18/h3-5,9,11-12H,6-8H2,1-2H3,(H,20,21). The van der Waals surface area contributed by atoms with Crippen molar-refractivity contribution in [3.8, 4) is 0 Å². The molecule has 2 atom stereocenters. The zero-order chi connectivity index (χ0) is 16.4. The molecule has 2 unspecified atom stereocenters. The van der Waals surface area contributed by atoms with Gasteiger partial charge in [-0.25, -0.2) is 8.78 Å². The first-order chi connectivity index (χ1) is 10.3. The maximum atomic E-state index is 13.8. The van der Waals surface area contributed by atoms with Gasteiger partial charge in [-0.3, -0.25) is 9.59 Å². The van der Waals surface area contributed by atoms with Gasteiger partial charge in [-0.2, -0.15) is 0 Å². The number of aliphatic carboxylic acids is 1. The normalized spacial score (nSPS) is 20.0. The third-order valence-electron chi connectivity index (χ3n) is 3.71. The fourth-order valence-electron chi connectivity index (χ4n) is 2.69. The van der Waals surface area contributed by atoms with Gasteiger partial charge in [0.1, 0.15) is 6.54 Å². The number of hydrogen-bond donors (Lipinski definition) is 1. The first-order valence-electron chi connectivity index (χ1n) is 7.25. The van der Waals surface area contributed by atoms with Crippen LogP contribution in [0.5, 0.6) is 0 Å². The van der Waals surface area contributed by atoms with Crippen molar-refractivity contribution in [2.45, 2.75) is 26.2 Å². The predicted molar refractivity (Wildman–Crippen MR) is 76.3 cm³/mol. The highest BCUT2D eigenvalue weighted by atomic mass is 19.2. The minimum absolute atomic E-state index is 0.131. The molecule has 0 heterocycles. The van der Waals surface area contributed by atoms with E-state index in [1.54, 1.807) is 0 Å². The number of carboxylic acid groups (broad SMARTS) is 1. The number of nitrogens with zero attached hydrogens (tertiary/aromatic N) is 1. The Morgan fingerprint density at radius 2 is 2.05 bits per heavy atom. The summed E-state index contributed by atoms with van der Waals surface area (Å²) in [5.41, 5.74) is 0.193. The molecule has 1 aromatic carbocycles. The Hall–Kier alpha value is -1.98. The number of carbonyl (C=O) groups is 2. The molecule has 0 saturated heterocycles. The summed E-state index contributed by atoms with van der Waals surface area (Å²) in [7, 11) is 0. The maximum Gasteiger partial charge on any atom is 0.323 e. The first kappa shape index (κ1) is 16.4. The van der Waals surface area contributed by atoms with Gasteiger partial charge in [0, 0.05) is 12.5 Å². The maximum absolute atomic E-state index is 13.8. The zero-order valence-corrected chi connectivity index (χ0v) is 12.6. The Bertz CT molecular complexity index is 589. The second-order valence-electron chi connectivity index (χ2n) is 6.10. The molecule has 6 heteroatoms. The SMILES string of the molecule is CC(C)CN(CC(=O)O)C(=O)C1CC1c1cccc(F)c1F. The third-order valence-corrected chi connectivity index (χ3v) is 3.71. The van der Waals surface area contributed by atoms with Crippen LogP contribution in [0.2, 0.25) is 0 Å². The molecule has 1 aliphatic carbocycles. The average molecular weight is 311 g/mol. The Kier molecular flexibility index (Phi) is 4.78. The summed E-state index contributed by atoms with van der Waals surface area (Å²) in [6.07, 6.45) is 0.424. The molecular formula is C16H19F2NO3. The van der Waals surface area contributed by atoms with Crippen molar-refractivity contribution in [3.63, 3.8) is 0 Å². The lowest BCUT2D eigenvalue weighted by molar-refractivity contribution is -0.145. The topological polar surface area (TPSA) is 57.6 Å². The van der Waals surface area contributed by atoms with Gasteiger partial charge in [-0.15, -0.1) is 0 Å². The second kappa shape index (κ2) is 6.42. The largest absolute Gasteiger partial charge is 0.480 e. The molecule has 1 aliphatic rings. The van der Waals surface area contributed by atoms with Crippen molar-refractivity contribution in [1.82, 2.24) is 4.90 Å². The molecule has 0 bridgehead atoms. The van der Waals surface area contributed by atoms with Gasteiger partial charge >= 0.3 is 5.97 Å². The number of carbonyl (C=O) groups excluding carboxylic acids is 1. The van der Waals surface area contributed by atoms with Gasteiger partial charge in [-0.1, -0.05) is 26.0 Å². The Labute approximate surface area is 127 Å². The average Bonchev–Trinajstić information content (AvgIpc) is 3.19. The number of carboxylic acids is 1. The van der Waals surface area contributed by atoms with Gasteiger partial charge in [0.2, 0.25) is 5.91 Å². The van der Waals surface area contributed by atoms with Crippen molar-refractivity contribution in [1.29, 1.82) is 0 Å². The van der Waals surface area contributed by atoms with E-state index in [1.165, 1.54) is 17.0 Å². The van der Waals surface area contributed by atoms with Crippen LogP contribution >= 0.6 is 0 Å². The van der Waals surface area contributed by atoms with E-state index in [0.29, 0.717) is 13.0 Å². The first-order valence-corrected chi connectivity index (χ1v) is 7.25. The van der Waals surface area contributed by atoms with E-state index in [9.17, 15) is 18.4 Å². The lowest BCUT2D eigenvalue weighted by Gasteiger charge is -2.23. The second-order valence-corrected chi connectivity index (χ2v) is 6.10. The van der Waals surface area contributed by atoms with Gasteiger partial charge in [0.25, 0.3) is 0 Å². The minimum atomic E-state index is -1.08. The molecule has 1 fully saturated rings. The number of benzene rings is 1. The molecule has 22 heavy (non-hydrogen) atoms. The van der Waals surface area contributed by atoms with E-state index in [2.05, 4.69) is 0 Å². The van der Waals surface area contributed by atoms with Crippen LogP contribution < -0.4 is 0 Å². The van der Waals surface area contributed by atoms with E-state index in [4.69, 9.17) is 5.11 Å². The molecule has 0 aliphatic heterocycles. The van der Waals surface area contributed by atoms with Crippen LogP contribution in [0, 0.1) is 23.5 Å². The van der Waals surface area contributed by atoms with E-state index >= 15 is 0 Å². The molecule has 0 aromatic heterocycles. The molecule has 0 spiro atoms. The Morgan fingerprint density at radius 3 is 2.64 bits per heavy atom. The van der Waals surface area contributed by atoms with Crippen LogP contribution in [-0.2, 0) is 9.59 Å². The summed E-state index contributed by atoms with van der Waals surface area (Å²) in [5, 5.41) is 8.91. The fourth-order valence-corrected chi connectivity index (χ4v) is 2.69. The highest BCUT2D eigenvalue weighted by Crippen LogP contribution is 2.49. The van der Waals surface area contributed by atoms with Crippen molar-refractivity contribution in [3.05, 3.63) is 35.4 Å². The summed E-state index contributed by atoms with van der Waals surface area (Å²) in [5.74, 6) is -3.93. The predicted octanol–water partition coefficient (Wildman–Crippen LogP) is 2.64. The van der Waals surface area contributed by atoms with E-state index in [0.717, 1.165) is 6.07 Å². The number of amides is 1. The van der Waals surface area contributed by atoms with Crippen LogP contribution in [0.15, 0.2) is 18.2 Å². The van der Waals surface area contributed by atoms with Gasteiger partial charge in [0.05, 0.1) is 0 Å². The molecule has 1 saturated carbocycles. The third kappa shape index (κ3) is 3.61. The van der Waals surface area contributed by atoms with Crippen LogP contribution in [0.25, 0.3) is 0 Å².